The van der Waals surface area contributed by atoms with E-state index < -0.39 is 11.7 Å². The van der Waals surface area contributed by atoms with E-state index in [0.29, 0.717) is 29.9 Å². The fourth-order valence-corrected chi connectivity index (χ4v) is 2.75. The maximum Gasteiger partial charge on any atom is 0.336 e. The molecule has 1 atom stereocenters. The van der Waals surface area contributed by atoms with E-state index in [2.05, 4.69) is 6.58 Å². The SMILES string of the molecule is C=C(C)[C@@H](O)CC/C(C)=C/COc1c2ccoc2cc2oc(=O)ccc12. The number of rotatable bonds is 7. The monoisotopic (exact) mass is 354 g/mol. The molecule has 0 radical (unpaired) electrons. The number of hydrogen-bond acceptors (Lipinski definition) is 5. The van der Waals surface area contributed by atoms with Crippen molar-refractivity contribution in [3.8, 4) is 5.75 Å². The lowest BCUT2D eigenvalue weighted by molar-refractivity contribution is 0.201. The van der Waals surface area contributed by atoms with Gasteiger partial charge in [0.1, 0.15) is 23.5 Å². The van der Waals surface area contributed by atoms with Crippen molar-refractivity contribution in [3.05, 3.63) is 64.7 Å². The zero-order valence-corrected chi connectivity index (χ0v) is 15.0. The van der Waals surface area contributed by atoms with Crippen LogP contribution in [0.4, 0.5) is 0 Å². The fraction of sp³-hybridized carbons (Fsp3) is 0.286. The van der Waals surface area contributed by atoms with Crippen LogP contribution in [0.3, 0.4) is 0 Å². The van der Waals surface area contributed by atoms with Crippen molar-refractivity contribution < 1.29 is 18.7 Å². The fourth-order valence-electron chi connectivity index (χ4n) is 2.75. The van der Waals surface area contributed by atoms with Gasteiger partial charge in [0.15, 0.2) is 0 Å². The van der Waals surface area contributed by atoms with Crippen molar-refractivity contribution in [1.29, 1.82) is 0 Å². The Balaban J connectivity index is 1.79. The van der Waals surface area contributed by atoms with Crippen LogP contribution in [-0.4, -0.2) is 17.8 Å². The van der Waals surface area contributed by atoms with E-state index in [-0.39, 0.29) is 0 Å². The van der Waals surface area contributed by atoms with Crippen LogP contribution in [0.1, 0.15) is 26.7 Å². The third-order valence-corrected chi connectivity index (χ3v) is 4.35. The molecule has 0 saturated carbocycles. The van der Waals surface area contributed by atoms with Gasteiger partial charge in [0.2, 0.25) is 0 Å². The molecule has 0 bridgehead atoms. The van der Waals surface area contributed by atoms with E-state index in [1.54, 1.807) is 18.4 Å². The molecule has 1 aromatic carbocycles. The molecule has 0 saturated heterocycles. The van der Waals surface area contributed by atoms with Crippen LogP contribution in [0.2, 0.25) is 0 Å². The molecule has 1 N–H and O–H groups in total. The molecule has 3 aromatic rings. The molecule has 0 aliphatic rings. The summed E-state index contributed by atoms with van der Waals surface area (Å²) in [6.45, 7) is 7.95. The Morgan fingerprint density at radius 3 is 2.81 bits per heavy atom. The van der Waals surface area contributed by atoms with Gasteiger partial charge in [0, 0.05) is 12.1 Å². The van der Waals surface area contributed by atoms with E-state index >= 15 is 0 Å². The minimum absolute atomic E-state index is 0.369. The number of aliphatic hydroxyl groups is 1. The zero-order valence-electron chi connectivity index (χ0n) is 15.0. The summed E-state index contributed by atoms with van der Waals surface area (Å²) in [5.74, 6) is 0.626. The molecule has 26 heavy (non-hydrogen) atoms. The van der Waals surface area contributed by atoms with Crippen LogP contribution in [0.25, 0.3) is 21.9 Å². The number of furan rings is 1. The Hall–Kier alpha value is -2.79. The lowest BCUT2D eigenvalue weighted by atomic mass is 10.0. The van der Waals surface area contributed by atoms with Gasteiger partial charge in [-0.05, 0) is 44.9 Å². The molecule has 136 valence electrons. The summed E-state index contributed by atoms with van der Waals surface area (Å²) in [4.78, 5) is 11.5. The van der Waals surface area contributed by atoms with E-state index in [4.69, 9.17) is 13.6 Å². The predicted molar refractivity (Wildman–Crippen MR) is 102 cm³/mol. The van der Waals surface area contributed by atoms with Gasteiger partial charge in [-0.3, -0.25) is 0 Å². The molecule has 0 spiro atoms. The lowest BCUT2D eigenvalue weighted by Crippen LogP contribution is -2.07. The summed E-state index contributed by atoms with van der Waals surface area (Å²) in [6, 6.07) is 6.60. The number of aliphatic hydroxyl groups excluding tert-OH is 1. The van der Waals surface area contributed by atoms with Crippen molar-refractivity contribution in [1.82, 2.24) is 0 Å². The third-order valence-electron chi connectivity index (χ3n) is 4.35. The second kappa shape index (κ2) is 7.62. The number of fused-ring (bicyclic) bond motifs is 2. The summed E-state index contributed by atoms with van der Waals surface area (Å²) < 4.78 is 16.7. The number of ether oxygens (including phenoxy) is 1. The molecule has 0 amide bonds. The molecule has 0 fully saturated rings. The van der Waals surface area contributed by atoms with Crippen molar-refractivity contribution in [2.75, 3.05) is 6.61 Å². The summed E-state index contributed by atoms with van der Waals surface area (Å²) in [6.07, 6.45) is 4.49. The molecular formula is C21H22O5. The standard InChI is InChI=1S/C21H22O5/c1-13(2)17(22)6-4-14(3)8-10-25-21-15-5-7-20(23)26-19(15)12-18-16(21)9-11-24-18/h5,7-9,11-12,17,22H,1,4,6,10H2,2-3H3/b14-8+/t17-/m0/s1. The van der Waals surface area contributed by atoms with Crippen LogP contribution < -0.4 is 10.4 Å². The summed E-state index contributed by atoms with van der Waals surface area (Å²) in [5, 5.41) is 11.4. The Labute approximate surface area is 151 Å². The highest BCUT2D eigenvalue weighted by atomic mass is 16.5. The Kier molecular flexibility index (Phi) is 5.28. The first-order chi connectivity index (χ1) is 12.5. The van der Waals surface area contributed by atoms with Gasteiger partial charge in [0.05, 0.1) is 23.1 Å². The average molecular weight is 354 g/mol. The van der Waals surface area contributed by atoms with Gasteiger partial charge in [-0.25, -0.2) is 4.79 Å². The first kappa shape index (κ1) is 18.0. The lowest BCUT2D eigenvalue weighted by Gasteiger charge is -2.11. The van der Waals surface area contributed by atoms with Gasteiger partial charge in [-0.1, -0.05) is 17.7 Å². The summed E-state index contributed by atoms with van der Waals surface area (Å²) >= 11 is 0. The normalized spacial score (nSPS) is 13.3. The number of allylic oxidation sites excluding steroid dienone is 1. The van der Waals surface area contributed by atoms with Gasteiger partial charge >= 0.3 is 5.63 Å². The predicted octanol–water partition coefficient (Wildman–Crippen LogP) is 4.58. The zero-order chi connectivity index (χ0) is 18.7. The highest BCUT2D eigenvalue weighted by Crippen LogP contribution is 2.35. The largest absolute Gasteiger partial charge is 0.488 e. The molecular weight excluding hydrogens is 332 g/mol. The molecule has 5 heteroatoms. The highest BCUT2D eigenvalue weighted by molar-refractivity contribution is 6.01. The topological polar surface area (TPSA) is 72.8 Å². The second-order valence-electron chi connectivity index (χ2n) is 6.47. The van der Waals surface area contributed by atoms with Crippen molar-refractivity contribution in [2.45, 2.75) is 32.8 Å². The van der Waals surface area contributed by atoms with Gasteiger partial charge in [-0.15, -0.1) is 0 Å². The van der Waals surface area contributed by atoms with Gasteiger partial charge in [-0.2, -0.15) is 0 Å². The minimum Gasteiger partial charge on any atom is -0.488 e. The molecule has 0 aliphatic heterocycles. The van der Waals surface area contributed by atoms with Crippen molar-refractivity contribution in [3.63, 3.8) is 0 Å². The number of benzene rings is 1. The first-order valence-corrected chi connectivity index (χ1v) is 8.51. The van der Waals surface area contributed by atoms with Crippen LogP contribution in [0.15, 0.2) is 68.0 Å². The van der Waals surface area contributed by atoms with E-state index in [0.717, 1.165) is 28.3 Å². The van der Waals surface area contributed by atoms with Gasteiger partial charge in [0.25, 0.3) is 0 Å². The Morgan fingerprint density at radius 1 is 1.27 bits per heavy atom. The van der Waals surface area contributed by atoms with Crippen molar-refractivity contribution in [2.24, 2.45) is 0 Å². The second-order valence-corrected chi connectivity index (χ2v) is 6.47. The third kappa shape index (κ3) is 3.89. The van der Waals surface area contributed by atoms with Crippen molar-refractivity contribution >= 4 is 21.9 Å². The summed E-state index contributed by atoms with van der Waals surface area (Å²) in [7, 11) is 0. The van der Waals surface area contributed by atoms with E-state index in [1.165, 1.54) is 6.07 Å². The smallest absolute Gasteiger partial charge is 0.336 e. The molecule has 2 aromatic heterocycles. The average Bonchev–Trinajstić information content (AvgIpc) is 3.06. The van der Waals surface area contributed by atoms with Crippen LogP contribution >= 0.6 is 0 Å². The Bertz CT molecular complexity index is 1020. The van der Waals surface area contributed by atoms with E-state index in [9.17, 15) is 9.90 Å². The van der Waals surface area contributed by atoms with Crippen LogP contribution in [0, 0.1) is 0 Å². The quantitative estimate of drug-likeness (QED) is 0.496. The van der Waals surface area contributed by atoms with Gasteiger partial charge < -0.3 is 18.7 Å². The Morgan fingerprint density at radius 2 is 2.04 bits per heavy atom. The maximum absolute atomic E-state index is 11.5. The molecule has 3 rings (SSSR count). The molecule has 5 nitrogen and oxygen atoms in total. The van der Waals surface area contributed by atoms with Crippen LogP contribution in [0.5, 0.6) is 5.75 Å². The highest BCUT2D eigenvalue weighted by Gasteiger charge is 2.13. The van der Waals surface area contributed by atoms with Crippen LogP contribution in [-0.2, 0) is 0 Å². The first-order valence-electron chi connectivity index (χ1n) is 8.51. The molecule has 0 aliphatic carbocycles. The van der Waals surface area contributed by atoms with E-state index in [1.807, 2.05) is 26.0 Å². The number of hydrogen-bond donors (Lipinski definition) is 1. The molecule has 2 heterocycles. The minimum atomic E-state index is -0.481. The summed E-state index contributed by atoms with van der Waals surface area (Å²) in [5.41, 5.74) is 2.52. The maximum atomic E-state index is 11.5. The molecule has 0 unspecified atom stereocenters.